The van der Waals surface area contributed by atoms with Gasteiger partial charge in [-0.3, -0.25) is 0 Å². The van der Waals surface area contributed by atoms with Gasteiger partial charge >= 0.3 is 0 Å². The molecule has 0 aliphatic carbocycles. The maximum atomic E-state index is 4.54. The van der Waals surface area contributed by atoms with Crippen molar-refractivity contribution < 1.29 is 0 Å². The number of aromatic nitrogens is 1. The van der Waals surface area contributed by atoms with Crippen LogP contribution in [-0.4, -0.2) is 43.6 Å². The molecule has 0 bridgehead atoms. The van der Waals surface area contributed by atoms with Crippen LogP contribution in [0.5, 0.6) is 0 Å². The summed E-state index contributed by atoms with van der Waals surface area (Å²) in [6.07, 6.45) is 4.44. The lowest BCUT2D eigenvalue weighted by atomic mass is 9.96. The molecule has 0 atom stereocenters. The third-order valence-corrected chi connectivity index (χ3v) is 4.15. The molecule has 1 aliphatic rings. The summed E-state index contributed by atoms with van der Waals surface area (Å²) in [5.74, 6) is 2.00. The van der Waals surface area contributed by atoms with E-state index in [9.17, 15) is 0 Å². The van der Waals surface area contributed by atoms with Crippen molar-refractivity contribution in [1.29, 1.82) is 0 Å². The van der Waals surface area contributed by atoms with Crippen molar-refractivity contribution >= 4 is 21.7 Å². The second-order valence-electron chi connectivity index (χ2n) is 5.31. The van der Waals surface area contributed by atoms with Crippen molar-refractivity contribution in [3.8, 4) is 0 Å². The molecule has 1 aliphatic heterocycles. The van der Waals surface area contributed by atoms with Crippen LogP contribution in [0.25, 0.3) is 0 Å². The van der Waals surface area contributed by atoms with Crippen LogP contribution in [0.1, 0.15) is 18.4 Å². The summed E-state index contributed by atoms with van der Waals surface area (Å²) in [6, 6.07) is 4.17. The number of hydrogen-bond acceptors (Lipinski definition) is 3. The Morgan fingerprint density at radius 3 is 2.72 bits per heavy atom. The average Bonchev–Trinajstić information content (AvgIpc) is 2.39. The number of rotatable bonds is 4. The van der Waals surface area contributed by atoms with Gasteiger partial charge < -0.3 is 9.80 Å². The lowest BCUT2D eigenvalue weighted by molar-refractivity contribution is 0.284. The molecule has 0 spiro atoms. The first-order valence-electron chi connectivity index (χ1n) is 6.60. The van der Waals surface area contributed by atoms with Crippen molar-refractivity contribution in [2.24, 2.45) is 5.92 Å². The van der Waals surface area contributed by atoms with Crippen LogP contribution in [0.15, 0.2) is 18.3 Å². The Balaban J connectivity index is 1.97. The van der Waals surface area contributed by atoms with Gasteiger partial charge in [-0.25, -0.2) is 4.98 Å². The van der Waals surface area contributed by atoms with Crippen LogP contribution >= 0.6 is 15.9 Å². The Morgan fingerprint density at radius 2 is 2.11 bits per heavy atom. The molecule has 2 heterocycles. The fraction of sp³-hybridized carbons (Fsp3) is 0.643. The Labute approximate surface area is 118 Å². The maximum absolute atomic E-state index is 4.54. The smallest absolute Gasteiger partial charge is 0.132 e. The van der Waals surface area contributed by atoms with Crippen molar-refractivity contribution in [1.82, 2.24) is 9.88 Å². The minimum atomic E-state index is 0.840. The van der Waals surface area contributed by atoms with Gasteiger partial charge in [-0.15, -0.1) is 0 Å². The molecule has 1 aromatic heterocycles. The van der Waals surface area contributed by atoms with E-state index >= 15 is 0 Å². The third kappa shape index (κ3) is 3.45. The number of alkyl halides is 1. The first-order valence-corrected chi connectivity index (χ1v) is 7.72. The summed E-state index contributed by atoms with van der Waals surface area (Å²) in [5.41, 5.74) is 1.29. The Bertz CT molecular complexity index is 373. The number of pyridine rings is 1. The van der Waals surface area contributed by atoms with E-state index in [0.29, 0.717) is 0 Å². The maximum Gasteiger partial charge on any atom is 0.132 e. The first kappa shape index (κ1) is 13.8. The molecule has 0 unspecified atom stereocenters. The number of nitrogens with zero attached hydrogens (tertiary/aromatic N) is 3. The number of halogens is 1. The van der Waals surface area contributed by atoms with E-state index in [2.05, 4.69) is 50.9 Å². The van der Waals surface area contributed by atoms with E-state index in [1.807, 2.05) is 12.3 Å². The van der Waals surface area contributed by atoms with Crippen molar-refractivity contribution in [3.05, 3.63) is 23.9 Å². The monoisotopic (exact) mass is 311 g/mol. The minimum Gasteiger partial charge on any atom is -0.356 e. The Hall–Kier alpha value is -0.610. The molecule has 0 N–H and O–H groups in total. The zero-order valence-corrected chi connectivity index (χ0v) is 12.9. The molecule has 3 nitrogen and oxygen atoms in total. The van der Waals surface area contributed by atoms with Gasteiger partial charge in [0, 0.05) is 36.7 Å². The lowest BCUT2D eigenvalue weighted by Crippen LogP contribution is -2.37. The lowest BCUT2D eigenvalue weighted by Gasteiger charge is -2.34. The molecule has 2 rings (SSSR count). The third-order valence-electron chi connectivity index (χ3n) is 3.55. The fourth-order valence-electron chi connectivity index (χ4n) is 2.66. The van der Waals surface area contributed by atoms with Gasteiger partial charge in [0.15, 0.2) is 0 Å². The summed E-state index contributed by atoms with van der Waals surface area (Å²) < 4.78 is 0. The van der Waals surface area contributed by atoms with E-state index in [-0.39, 0.29) is 0 Å². The van der Waals surface area contributed by atoms with Crippen molar-refractivity contribution in [3.63, 3.8) is 0 Å². The average molecular weight is 312 g/mol. The first-order chi connectivity index (χ1) is 8.70. The minimum absolute atomic E-state index is 0.840. The Kier molecular flexibility index (Phi) is 5.01. The second-order valence-corrected chi connectivity index (χ2v) is 5.87. The fourth-order valence-corrected chi connectivity index (χ4v) is 3.10. The van der Waals surface area contributed by atoms with E-state index in [4.69, 9.17) is 0 Å². The summed E-state index contributed by atoms with van der Waals surface area (Å²) in [5, 5.41) is 0.883. The van der Waals surface area contributed by atoms with Crippen molar-refractivity contribution in [2.75, 3.05) is 38.6 Å². The molecule has 0 aromatic carbocycles. The van der Waals surface area contributed by atoms with Crippen LogP contribution in [0, 0.1) is 5.92 Å². The predicted octanol–water partition coefficient (Wildman–Crippen LogP) is 2.75. The highest BCUT2D eigenvalue weighted by Gasteiger charge is 2.21. The van der Waals surface area contributed by atoms with E-state index in [1.54, 1.807) is 0 Å². The Morgan fingerprint density at radius 1 is 1.39 bits per heavy atom. The molecule has 100 valence electrons. The molecule has 1 fully saturated rings. The standard InChI is InChI=1S/C14H22BrN3/c1-17(2)11-12-5-8-18(9-6-12)14-13(10-15)4-3-7-16-14/h3-4,7,12H,5-6,8-11H2,1-2H3. The van der Waals surface area contributed by atoms with Gasteiger partial charge in [-0.2, -0.15) is 0 Å². The summed E-state index contributed by atoms with van der Waals surface area (Å²) in [6.45, 7) is 3.48. The van der Waals surface area contributed by atoms with Gasteiger partial charge in [0.05, 0.1) is 0 Å². The van der Waals surface area contributed by atoms with Gasteiger partial charge in [0.25, 0.3) is 0 Å². The molecule has 0 amide bonds. The number of anilines is 1. The van der Waals surface area contributed by atoms with E-state index in [1.165, 1.54) is 24.9 Å². The highest BCUT2D eigenvalue weighted by Crippen LogP contribution is 2.25. The second kappa shape index (κ2) is 6.53. The molecule has 1 saturated heterocycles. The zero-order chi connectivity index (χ0) is 13.0. The summed E-state index contributed by atoms with van der Waals surface area (Å²) >= 11 is 3.55. The van der Waals surface area contributed by atoms with Crippen LogP contribution in [0.4, 0.5) is 5.82 Å². The highest BCUT2D eigenvalue weighted by atomic mass is 79.9. The number of hydrogen-bond donors (Lipinski definition) is 0. The van der Waals surface area contributed by atoms with Gasteiger partial charge in [-0.05, 0) is 38.9 Å². The largest absolute Gasteiger partial charge is 0.356 e. The normalized spacial score (nSPS) is 17.4. The summed E-state index contributed by atoms with van der Waals surface area (Å²) in [4.78, 5) is 9.27. The van der Waals surface area contributed by atoms with E-state index in [0.717, 1.165) is 30.2 Å². The van der Waals surface area contributed by atoms with Gasteiger partial charge in [-0.1, -0.05) is 22.0 Å². The molecule has 18 heavy (non-hydrogen) atoms. The molecule has 0 saturated carbocycles. The van der Waals surface area contributed by atoms with Crippen LogP contribution < -0.4 is 4.90 Å². The van der Waals surface area contributed by atoms with Crippen molar-refractivity contribution in [2.45, 2.75) is 18.2 Å². The highest BCUT2D eigenvalue weighted by molar-refractivity contribution is 9.08. The molecular formula is C14H22BrN3. The molecule has 4 heteroatoms. The predicted molar refractivity (Wildman–Crippen MR) is 80.4 cm³/mol. The quantitative estimate of drug-likeness (QED) is 0.797. The van der Waals surface area contributed by atoms with Gasteiger partial charge in [0.1, 0.15) is 5.82 Å². The number of piperidine rings is 1. The zero-order valence-electron chi connectivity index (χ0n) is 11.3. The van der Waals surface area contributed by atoms with E-state index < -0.39 is 0 Å². The SMILES string of the molecule is CN(C)CC1CCN(c2ncccc2CBr)CC1. The van der Waals surface area contributed by atoms with Gasteiger partial charge in [0.2, 0.25) is 0 Å². The molecular weight excluding hydrogens is 290 g/mol. The summed E-state index contributed by atoms with van der Waals surface area (Å²) in [7, 11) is 4.32. The molecule has 1 aromatic rings. The van der Waals surface area contributed by atoms with Crippen LogP contribution in [-0.2, 0) is 5.33 Å². The van der Waals surface area contributed by atoms with Crippen LogP contribution in [0.2, 0.25) is 0 Å². The van der Waals surface area contributed by atoms with Crippen LogP contribution in [0.3, 0.4) is 0 Å². The molecule has 0 radical (unpaired) electrons. The topological polar surface area (TPSA) is 19.4 Å².